The highest BCUT2D eigenvalue weighted by Gasteiger charge is 2.33. The van der Waals surface area contributed by atoms with E-state index in [0.29, 0.717) is 11.1 Å². The lowest BCUT2D eigenvalue weighted by Crippen LogP contribution is -2.19. The van der Waals surface area contributed by atoms with Crippen molar-refractivity contribution in [2.45, 2.75) is 123 Å². The molecule has 4 aromatic carbocycles. The molecule has 1 heterocycles. The van der Waals surface area contributed by atoms with Gasteiger partial charge in [0.05, 0.1) is 16.8 Å². The highest BCUT2D eigenvalue weighted by Crippen LogP contribution is 2.43. The molecule has 0 unspecified atom stereocenters. The molecule has 5 rings (SSSR count). The molecule has 0 bridgehead atoms. The number of fused-ring (bicyclic) bond motifs is 1. The van der Waals surface area contributed by atoms with Gasteiger partial charge in [0.1, 0.15) is 39.6 Å². The molecule has 0 atom stereocenters. The summed E-state index contributed by atoms with van der Waals surface area (Å²) in [6, 6.07) is 13.0. The maximum atomic E-state index is 13.6. The number of unbranched alkanes of at least 4 members (excludes halogenated alkanes) is 4. The fraction of sp³-hybridized carbons (Fsp3) is 0.442. The van der Waals surface area contributed by atoms with Gasteiger partial charge >= 0.3 is 12.4 Å². The van der Waals surface area contributed by atoms with Crippen molar-refractivity contribution < 1.29 is 36.6 Å². The molecule has 8 nitrogen and oxygen atoms in total. The SMILES string of the molecule is CCCCCC(C)(C)c1cc(Cc2cc(C(C)(C)CCCCC)cc(-n3nc4ccc(C(F)(F)F)cc4n3)c2O)c(O)c(N=Nc2ccc(C(F)(F)F)cc2N)c1. The van der Waals surface area contributed by atoms with Crippen LogP contribution in [0.4, 0.5) is 43.4 Å². The number of azo groups is 1. The second kappa shape index (κ2) is 16.8. The summed E-state index contributed by atoms with van der Waals surface area (Å²) in [5, 5.41) is 40.9. The van der Waals surface area contributed by atoms with Crippen LogP contribution in [0, 0.1) is 0 Å². The molecule has 0 radical (unpaired) electrons. The van der Waals surface area contributed by atoms with Crippen molar-refractivity contribution in [3.05, 3.63) is 94.0 Å². The molecule has 5 aromatic rings. The Morgan fingerprint density at radius 3 is 1.67 bits per heavy atom. The number of anilines is 1. The Morgan fingerprint density at radius 1 is 0.596 bits per heavy atom. The molecule has 0 saturated heterocycles. The molecule has 4 N–H and O–H groups in total. The molecule has 0 aliphatic carbocycles. The number of rotatable bonds is 15. The Kier molecular flexibility index (Phi) is 12.6. The molecular weight excluding hydrogens is 747 g/mol. The third-order valence-corrected chi connectivity index (χ3v) is 10.6. The highest BCUT2D eigenvalue weighted by molar-refractivity contribution is 5.75. The van der Waals surface area contributed by atoms with Crippen LogP contribution in [-0.2, 0) is 29.6 Å². The second-order valence-corrected chi connectivity index (χ2v) is 16.0. The molecule has 0 aliphatic heterocycles. The molecule has 0 aliphatic rings. The zero-order valence-corrected chi connectivity index (χ0v) is 33.1. The van der Waals surface area contributed by atoms with Crippen molar-refractivity contribution in [2.75, 3.05) is 5.73 Å². The minimum Gasteiger partial charge on any atom is -0.505 e. The largest absolute Gasteiger partial charge is 0.505 e. The number of phenolic OH excluding ortho intramolecular Hbond substituents is 2. The third-order valence-electron chi connectivity index (χ3n) is 10.6. The van der Waals surface area contributed by atoms with Gasteiger partial charge in [-0.15, -0.1) is 25.2 Å². The van der Waals surface area contributed by atoms with Crippen LogP contribution >= 0.6 is 0 Å². The minimum atomic E-state index is -4.60. The molecule has 57 heavy (non-hydrogen) atoms. The van der Waals surface area contributed by atoms with Crippen molar-refractivity contribution in [1.82, 2.24) is 15.0 Å². The average molecular weight is 797 g/mol. The number of halogens is 6. The molecule has 0 amide bonds. The molecule has 0 fully saturated rings. The van der Waals surface area contributed by atoms with Crippen molar-refractivity contribution >= 4 is 28.1 Å². The van der Waals surface area contributed by atoms with Gasteiger partial charge in [-0.2, -0.15) is 26.3 Å². The van der Waals surface area contributed by atoms with Crippen molar-refractivity contribution in [3.8, 4) is 17.2 Å². The Balaban J connectivity index is 1.66. The molecule has 0 saturated carbocycles. The molecule has 0 spiro atoms. The monoisotopic (exact) mass is 796 g/mol. The average Bonchev–Trinajstić information content (AvgIpc) is 3.56. The third kappa shape index (κ3) is 10.1. The van der Waals surface area contributed by atoms with Gasteiger partial charge in [-0.3, -0.25) is 0 Å². The summed E-state index contributed by atoms with van der Waals surface area (Å²) in [4.78, 5) is 1.14. The second-order valence-electron chi connectivity index (χ2n) is 16.0. The van der Waals surface area contributed by atoms with E-state index < -0.39 is 34.3 Å². The van der Waals surface area contributed by atoms with Gasteiger partial charge in [0, 0.05) is 17.5 Å². The first-order valence-electron chi connectivity index (χ1n) is 19.2. The summed E-state index contributed by atoms with van der Waals surface area (Å²) in [5.41, 5.74) is 5.90. The van der Waals surface area contributed by atoms with Crippen LogP contribution in [0.5, 0.6) is 11.5 Å². The van der Waals surface area contributed by atoms with Crippen molar-refractivity contribution in [1.29, 1.82) is 0 Å². The number of aromatic hydroxyl groups is 2. The van der Waals surface area contributed by atoms with E-state index in [2.05, 4.69) is 62.0 Å². The fourth-order valence-corrected chi connectivity index (χ4v) is 6.89. The summed E-state index contributed by atoms with van der Waals surface area (Å²) in [5.74, 6) is -0.485. The van der Waals surface area contributed by atoms with Crippen LogP contribution in [-0.4, -0.2) is 25.2 Å². The fourth-order valence-electron chi connectivity index (χ4n) is 6.89. The summed E-state index contributed by atoms with van der Waals surface area (Å²) in [6.45, 7) is 12.5. The number of benzene rings is 4. The van der Waals surface area contributed by atoms with Gasteiger partial charge in [-0.1, -0.05) is 92.2 Å². The van der Waals surface area contributed by atoms with E-state index in [1.54, 1.807) is 12.1 Å². The van der Waals surface area contributed by atoms with Gasteiger partial charge in [-0.25, -0.2) is 0 Å². The molecular formula is C43H50F6N6O2. The Bertz CT molecular complexity index is 2240. The van der Waals surface area contributed by atoms with Crippen LogP contribution in [0.15, 0.2) is 70.9 Å². The number of alkyl halides is 6. The lowest BCUT2D eigenvalue weighted by atomic mass is 9.77. The number of aromatic nitrogens is 3. The smallest absolute Gasteiger partial charge is 0.416 e. The number of hydrogen-bond acceptors (Lipinski definition) is 7. The summed E-state index contributed by atoms with van der Waals surface area (Å²) >= 11 is 0. The first kappa shape index (κ1) is 43.0. The Labute approximate surface area is 328 Å². The van der Waals surface area contributed by atoms with E-state index in [4.69, 9.17) is 5.73 Å². The predicted octanol–water partition coefficient (Wildman–Crippen LogP) is 13.2. The number of phenols is 2. The standard InChI is InChI=1S/C43H50F6N6O2/c1-7-9-11-17-40(3,4)30-20-26(38(56)36(24-30)52-51-33-15-13-28(22-32(33)50)42(44,45)46)19-27-21-31(41(5,6)18-12-10-8-2)25-37(39(27)57)55-53-34-16-14-29(43(47,48)49)23-35(34)54-55/h13-16,20-25,56-57H,7-12,17-19,50H2,1-6H3. The molecule has 306 valence electrons. The van der Waals surface area contributed by atoms with Crippen molar-refractivity contribution in [3.63, 3.8) is 0 Å². The van der Waals surface area contributed by atoms with E-state index in [1.807, 2.05) is 12.1 Å². The number of nitrogens with two attached hydrogens (primary N) is 1. The normalized spacial score (nSPS) is 13.0. The maximum absolute atomic E-state index is 13.6. The lowest BCUT2D eigenvalue weighted by Gasteiger charge is -2.28. The van der Waals surface area contributed by atoms with Crippen LogP contribution in [0.3, 0.4) is 0 Å². The summed E-state index contributed by atoms with van der Waals surface area (Å²) in [6.07, 6.45) is -1.65. The first-order chi connectivity index (χ1) is 26.6. The number of nitrogens with zero attached hydrogens (tertiary/aromatic N) is 5. The zero-order valence-electron chi connectivity index (χ0n) is 33.1. The van der Waals surface area contributed by atoms with E-state index in [9.17, 15) is 36.6 Å². The lowest BCUT2D eigenvalue weighted by molar-refractivity contribution is -0.138. The molecule has 1 aromatic heterocycles. The topological polar surface area (TPSA) is 122 Å². The van der Waals surface area contributed by atoms with Crippen molar-refractivity contribution in [2.24, 2.45) is 10.2 Å². The van der Waals surface area contributed by atoms with Gasteiger partial charge < -0.3 is 15.9 Å². The van der Waals surface area contributed by atoms with E-state index in [-0.39, 0.29) is 51.7 Å². The zero-order chi connectivity index (χ0) is 41.9. The quantitative estimate of drug-likeness (QED) is 0.0421. The minimum absolute atomic E-state index is 0.00211. The summed E-state index contributed by atoms with van der Waals surface area (Å²) in [7, 11) is 0. The summed E-state index contributed by atoms with van der Waals surface area (Å²) < 4.78 is 80.6. The first-order valence-corrected chi connectivity index (χ1v) is 19.2. The Hall–Kier alpha value is -5.14. The van der Waals surface area contributed by atoms with Gasteiger partial charge in [0.25, 0.3) is 0 Å². The van der Waals surface area contributed by atoms with Crippen LogP contribution in [0.1, 0.15) is 126 Å². The number of hydrogen-bond donors (Lipinski definition) is 3. The highest BCUT2D eigenvalue weighted by atomic mass is 19.4. The number of nitrogen functional groups attached to an aromatic ring is 1. The van der Waals surface area contributed by atoms with Gasteiger partial charge in [0.2, 0.25) is 0 Å². The van der Waals surface area contributed by atoms with Gasteiger partial charge in [0.15, 0.2) is 0 Å². The maximum Gasteiger partial charge on any atom is 0.416 e. The van der Waals surface area contributed by atoms with Gasteiger partial charge in [-0.05, 0) is 83.3 Å². The van der Waals surface area contributed by atoms with E-state index >= 15 is 0 Å². The van der Waals surface area contributed by atoms with Crippen LogP contribution in [0.2, 0.25) is 0 Å². The van der Waals surface area contributed by atoms with Crippen LogP contribution < -0.4 is 5.73 Å². The van der Waals surface area contributed by atoms with E-state index in [1.165, 1.54) is 6.07 Å². The predicted molar refractivity (Wildman–Crippen MR) is 211 cm³/mol. The Morgan fingerprint density at radius 2 is 1.11 bits per heavy atom. The van der Waals surface area contributed by atoms with Crippen LogP contribution in [0.25, 0.3) is 16.7 Å². The molecule has 14 heteroatoms. The van der Waals surface area contributed by atoms with E-state index in [0.717, 1.165) is 97.6 Å².